The van der Waals surface area contributed by atoms with Gasteiger partial charge in [0.1, 0.15) is 12.7 Å². The van der Waals surface area contributed by atoms with Crippen molar-refractivity contribution in [1.82, 2.24) is 34.6 Å². The van der Waals surface area contributed by atoms with E-state index in [2.05, 4.69) is 35.3 Å². The molecular formula is C11H15ClN8O. The maximum Gasteiger partial charge on any atom is 0.258 e. The third-order valence-electron chi connectivity index (χ3n) is 3.03. The fraction of sp³-hybridized carbons (Fsp3) is 0.545. The first-order valence-corrected chi connectivity index (χ1v) is 6.99. The number of ether oxygens (including phenoxy) is 1. The summed E-state index contributed by atoms with van der Waals surface area (Å²) in [6.45, 7) is 5.08. The molecule has 2 aromatic heterocycles. The summed E-state index contributed by atoms with van der Waals surface area (Å²) in [5.41, 5.74) is 0. The summed E-state index contributed by atoms with van der Waals surface area (Å²) in [6.07, 6.45) is 2.91. The standard InChI is InChI=1S/C11H15ClN8O/c12-9-16-10(14-1-2-19-3-5-21-6-4-19)18-11(17-9)20-8-13-7-15-20/h7-8H,1-6H2,(H,14,16,17,18). The fourth-order valence-electron chi connectivity index (χ4n) is 1.98. The fourth-order valence-corrected chi connectivity index (χ4v) is 2.14. The number of nitrogens with one attached hydrogen (secondary N) is 1. The SMILES string of the molecule is Clc1nc(NCCN2CCOCC2)nc(-n2cncn2)n1. The van der Waals surface area contributed by atoms with Crippen molar-refractivity contribution in [1.29, 1.82) is 0 Å². The Morgan fingerprint density at radius 2 is 2.10 bits per heavy atom. The maximum absolute atomic E-state index is 5.90. The highest BCUT2D eigenvalue weighted by Crippen LogP contribution is 2.08. The van der Waals surface area contributed by atoms with Crippen LogP contribution < -0.4 is 5.32 Å². The molecule has 0 bridgehead atoms. The molecule has 0 spiro atoms. The highest BCUT2D eigenvalue weighted by atomic mass is 35.5. The molecule has 9 nitrogen and oxygen atoms in total. The lowest BCUT2D eigenvalue weighted by Crippen LogP contribution is -2.39. The summed E-state index contributed by atoms with van der Waals surface area (Å²) in [5.74, 6) is 0.759. The molecule has 112 valence electrons. The molecule has 3 rings (SSSR count). The Labute approximate surface area is 126 Å². The smallest absolute Gasteiger partial charge is 0.258 e. The number of morpholine rings is 1. The summed E-state index contributed by atoms with van der Waals surface area (Å²) >= 11 is 5.90. The molecule has 1 fully saturated rings. The average molecular weight is 311 g/mol. The monoisotopic (exact) mass is 310 g/mol. The highest BCUT2D eigenvalue weighted by Gasteiger charge is 2.11. The molecule has 10 heteroatoms. The van der Waals surface area contributed by atoms with Crippen molar-refractivity contribution in [3.05, 3.63) is 17.9 Å². The van der Waals surface area contributed by atoms with Gasteiger partial charge in [-0.05, 0) is 11.6 Å². The van der Waals surface area contributed by atoms with E-state index in [4.69, 9.17) is 16.3 Å². The summed E-state index contributed by atoms with van der Waals surface area (Å²) in [5, 5.41) is 7.23. The van der Waals surface area contributed by atoms with Gasteiger partial charge in [0.2, 0.25) is 11.2 Å². The lowest BCUT2D eigenvalue weighted by molar-refractivity contribution is 0.0398. The molecule has 1 aliphatic rings. The Bertz CT molecular complexity index is 572. The predicted molar refractivity (Wildman–Crippen MR) is 75.5 cm³/mol. The molecule has 0 unspecified atom stereocenters. The van der Waals surface area contributed by atoms with Gasteiger partial charge in [-0.2, -0.15) is 24.7 Å². The van der Waals surface area contributed by atoms with E-state index in [1.807, 2.05) is 0 Å². The van der Waals surface area contributed by atoms with Gasteiger partial charge in [0.25, 0.3) is 5.95 Å². The first-order chi connectivity index (χ1) is 10.3. The van der Waals surface area contributed by atoms with E-state index in [1.54, 1.807) is 0 Å². The molecule has 0 amide bonds. The van der Waals surface area contributed by atoms with Crippen molar-refractivity contribution in [2.24, 2.45) is 0 Å². The average Bonchev–Trinajstić information content (AvgIpc) is 3.02. The van der Waals surface area contributed by atoms with Crippen LogP contribution in [0.4, 0.5) is 5.95 Å². The van der Waals surface area contributed by atoms with E-state index in [0.29, 0.717) is 11.9 Å². The number of nitrogens with zero attached hydrogens (tertiary/aromatic N) is 7. The molecule has 0 aliphatic carbocycles. The van der Waals surface area contributed by atoms with Gasteiger partial charge in [-0.3, -0.25) is 4.90 Å². The molecule has 0 saturated carbocycles. The summed E-state index contributed by atoms with van der Waals surface area (Å²) in [6, 6.07) is 0. The number of rotatable bonds is 5. The second-order valence-electron chi connectivity index (χ2n) is 4.45. The van der Waals surface area contributed by atoms with Gasteiger partial charge in [-0.15, -0.1) is 0 Å². The molecule has 0 atom stereocenters. The Morgan fingerprint density at radius 3 is 2.86 bits per heavy atom. The number of anilines is 1. The number of aromatic nitrogens is 6. The summed E-state index contributed by atoms with van der Waals surface area (Å²) < 4.78 is 6.74. The third-order valence-corrected chi connectivity index (χ3v) is 3.20. The largest absolute Gasteiger partial charge is 0.379 e. The summed E-state index contributed by atoms with van der Waals surface area (Å²) in [4.78, 5) is 18.5. The molecule has 3 heterocycles. The molecule has 1 N–H and O–H groups in total. The maximum atomic E-state index is 5.90. The van der Waals surface area contributed by atoms with Crippen LogP contribution in [0.3, 0.4) is 0 Å². The molecule has 2 aromatic rings. The second-order valence-corrected chi connectivity index (χ2v) is 4.79. The Morgan fingerprint density at radius 1 is 1.24 bits per heavy atom. The van der Waals surface area contributed by atoms with Gasteiger partial charge in [-0.1, -0.05) is 0 Å². The van der Waals surface area contributed by atoms with Crippen LogP contribution in [-0.2, 0) is 4.74 Å². The number of halogens is 1. The molecule has 0 aromatic carbocycles. The van der Waals surface area contributed by atoms with E-state index in [1.165, 1.54) is 17.3 Å². The van der Waals surface area contributed by atoms with Crippen molar-refractivity contribution < 1.29 is 4.74 Å². The Hall–Kier alpha value is -1.84. The van der Waals surface area contributed by atoms with Gasteiger partial charge in [0, 0.05) is 26.2 Å². The van der Waals surface area contributed by atoms with Gasteiger partial charge in [-0.25, -0.2) is 4.98 Å². The highest BCUT2D eigenvalue weighted by molar-refractivity contribution is 6.28. The van der Waals surface area contributed by atoms with Crippen molar-refractivity contribution in [2.75, 3.05) is 44.7 Å². The van der Waals surface area contributed by atoms with Crippen LogP contribution in [0, 0.1) is 0 Å². The zero-order valence-corrected chi connectivity index (χ0v) is 12.1. The lowest BCUT2D eigenvalue weighted by atomic mass is 10.4. The van der Waals surface area contributed by atoms with E-state index in [9.17, 15) is 0 Å². The normalized spacial score (nSPS) is 16.0. The summed E-state index contributed by atoms with van der Waals surface area (Å²) in [7, 11) is 0. The quantitative estimate of drug-likeness (QED) is 0.815. The van der Waals surface area contributed by atoms with E-state index in [-0.39, 0.29) is 5.28 Å². The third kappa shape index (κ3) is 3.84. The van der Waals surface area contributed by atoms with Crippen LogP contribution in [0.25, 0.3) is 5.95 Å². The molecule has 1 aliphatic heterocycles. The van der Waals surface area contributed by atoms with Gasteiger partial charge >= 0.3 is 0 Å². The topological polar surface area (TPSA) is 93.9 Å². The molecular weight excluding hydrogens is 296 g/mol. The van der Waals surface area contributed by atoms with Gasteiger partial charge in [0.15, 0.2) is 0 Å². The van der Waals surface area contributed by atoms with Gasteiger partial charge < -0.3 is 10.1 Å². The van der Waals surface area contributed by atoms with E-state index < -0.39 is 0 Å². The number of hydrogen-bond acceptors (Lipinski definition) is 8. The Balaban J connectivity index is 1.60. The van der Waals surface area contributed by atoms with Crippen molar-refractivity contribution in [3.8, 4) is 5.95 Å². The molecule has 0 radical (unpaired) electrons. The van der Waals surface area contributed by atoms with Crippen LogP contribution in [0.15, 0.2) is 12.7 Å². The van der Waals surface area contributed by atoms with Crippen molar-refractivity contribution in [2.45, 2.75) is 0 Å². The zero-order valence-electron chi connectivity index (χ0n) is 11.3. The minimum absolute atomic E-state index is 0.115. The van der Waals surface area contributed by atoms with Crippen molar-refractivity contribution in [3.63, 3.8) is 0 Å². The lowest BCUT2D eigenvalue weighted by Gasteiger charge is -2.26. The van der Waals surface area contributed by atoms with Crippen LogP contribution in [0.5, 0.6) is 0 Å². The van der Waals surface area contributed by atoms with Crippen molar-refractivity contribution >= 4 is 17.5 Å². The number of hydrogen-bond donors (Lipinski definition) is 1. The minimum Gasteiger partial charge on any atom is -0.379 e. The van der Waals surface area contributed by atoms with Gasteiger partial charge in [0.05, 0.1) is 13.2 Å². The first kappa shape index (κ1) is 14.1. The molecule has 1 saturated heterocycles. The van der Waals surface area contributed by atoms with Crippen LogP contribution in [-0.4, -0.2) is 74.0 Å². The van der Waals surface area contributed by atoms with E-state index >= 15 is 0 Å². The second kappa shape index (κ2) is 6.74. The first-order valence-electron chi connectivity index (χ1n) is 6.62. The van der Waals surface area contributed by atoms with Crippen LogP contribution >= 0.6 is 11.6 Å². The predicted octanol–water partition coefficient (Wildman–Crippen LogP) is -0.150. The Kier molecular flexibility index (Phi) is 4.53. The van der Waals surface area contributed by atoms with Crippen LogP contribution in [0.1, 0.15) is 0 Å². The van der Waals surface area contributed by atoms with Crippen LogP contribution in [0.2, 0.25) is 5.28 Å². The zero-order chi connectivity index (χ0) is 14.5. The minimum atomic E-state index is 0.115. The van der Waals surface area contributed by atoms with E-state index in [0.717, 1.165) is 39.4 Å². The molecule has 21 heavy (non-hydrogen) atoms.